The Balaban J connectivity index is 1.24. The Labute approximate surface area is 205 Å². The molecule has 1 saturated carbocycles. The summed E-state index contributed by atoms with van der Waals surface area (Å²) in [5.74, 6) is 0.395. The lowest BCUT2D eigenvalue weighted by atomic mass is 10.1. The molecule has 4 rings (SSSR count). The zero-order valence-corrected chi connectivity index (χ0v) is 20.0. The third kappa shape index (κ3) is 7.00. The minimum atomic E-state index is -0.723. The fraction of sp³-hybridized carbons (Fsp3) is 0.462. The van der Waals surface area contributed by atoms with Crippen molar-refractivity contribution in [2.75, 3.05) is 53.0 Å². The zero-order chi connectivity index (χ0) is 24.6. The number of hydrogen-bond acceptors (Lipinski definition) is 6. The van der Waals surface area contributed by atoms with Crippen LogP contribution in [-0.2, 0) is 9.53 Å². The first-order valence-electron chi connectivity index (χ1n) is 12.1. The number of halogens is 1. The first-order valence-corrected chi connectivity index (χ1v) is 12.1. The van der Waals surface area contributed by atoms with Crippen LogP contribution in [0, 0.1) is 5.82 Å². The van der Waals surface area contributed by atoms with Crippen LogP contribution in [0.25, 0.3) is 0 Å². The molecule has 1 aliphatic carbocycles. The summed E-state index contributed by atoms with van der Waals surface area (Å²) in [5, 5.41) is 9.65. The molecule has 8 nitrogen and oxygen atoms in total. The van der Waals surface area contributed by atoms with Gasteiger partial charge in [-0.15, -0.1) is 0 Å². The molecule has 1 heterocycles. The molecule has 2 amide bonds. The molecule has 0 spiro atoms. The number of nitrogens with one attached hydrogen (secondary N) is 3. The van der Waals surface area contributed by atoms with Crippen molar-refractivity contribution in [3.8, 4) is 5.75 Å². The number of ether oxygens (including phenoxy) is 2. The number of morpholine rings is 1. The summed E-state index contributed by atoms with van der Waals surface area (Å²) >= 11 is 0. The molecule has 188 valence electrons. The van der Waals surface area contributed by atoms with E-state index in [1.54, 1.807) is 12.0 Å². The molecular weight excluding hydrogens is 451 g/mol. The van der Waals surface area contributed by atoms with Crippen LogP contribution in [0.1, 0.15) is 28.3 Å². The highest BCUT2D eigenvalue weighted by Crippen LogP contribution is 2.41. The lowest BCUT2D eigenvalue weighted by Crippen LogP contribution is -2.55. The van der Waals surface area contributed by atoms with E-state index in [1.807, 2.05) is 12.1 Å². The summed E-state index contributed by atoms with van der Waals surface area (Å²) in [4.78, 5) is 27.5. The lowest BCUT2D eigenvalue weighted by Gasteiger charge is -2.31. The minimum absolute atomic E-state index is 0.147. The van der Waals surface area contributed by atoms with E-state index in [0.717, 1.165) is 18.7 Å². The Hall–Kier alpha value is -3.01. The average molecular weight is 485 g/mol. The molecular formula is C26H33FN4O4. The second-order valence-electron chi connectivity index (χ2n) is 8.85. The Morgan fingerprint density at radius 1 is 1.09 bits per heavy atom. The van der Waals surface area contributed by atoms with Crippen LogP contribution in [-0.4, -0.2) is 81.8 Å². The van der Waals surface area contributed by atoms with E-state index < -0.39 is 17.8 Å². The maximum absolute atomic E-state index is 13.2. The highest BCUT2D eigenvalue weighted by atomic mass is 19.1. The molecule has 3 atom stereocenters. The number of methoxy groups -OCH3 is 1. The van der Waals surface area contributed by atoms with Gasteiger partial charge in [0.2, 0.25) is 5.91 Å². The van der Waals surface area contributed by atoms with Gasteiger partial charge in [-0.1, -0.05) is 12.1 Å². The fourth-order valence-electron chi connectivity index (χ4n) is 4.28. The molecule has 1 saturated heterocycles. The van der Waals surface area contributed by atoms with Gasteiger partial charge in [0, 0.05) is 50.2 Å². The van der Waals surface area contributed by atoms with Gasteiger partial charge < -0.3 is 30.3 Å². The van der Waals surface area contributed by atoms with Gasteiger partial charge in [-0.25, -0.2) is 4.39 Å². The quantitative estimate of drug-likeness (QED) is 0.419. The Morgan fingerprint density at radius 2 is 1.80 bits per heavy atom. The van der Waals surface area contributed by atoms with E-state index in [1.165, 1.54) is 29.8 Å². The number of nitrogens with zero attached hydrogens (tertiary/aromatic N) is 1. The van der Waals surface area contributed by atoms with E-state index in [-0.39, 0.29) is 5.91 Å². The molecule has 2 aromatic rings. The Kier molecular flexibility index (Phi) is 8.68. The Bertz CT molecular complexity index is 980. The van der Waals surface area contributed by atoms with E-state index >= 15 is 0 Å². The van der Waals surface area contributed by atoms with Crippen LogP contribution in [0.2, 0.25) is 0 Å². The van der Waals surface area contributed by atoms with Crippen molar-refractivity contribution in [2.45, 2.75) is 24.4 Å². The Morgan fingerprint density at radius 3 is 2.49 bits per heavy atom. The molecule has 35 heavy (non-hydrogen) atoms. The molecule has 2 fully saturated rings. The number of amides is 2. The first kappa shape index (κ1) is 25.1. The summed E-state index contributed by atoms with van der Waals surface area (Å²) in [6.07, 6.45) is 1.10. The molecule has 0 bridgehead atoms. The second kappa shape index (κ2) is 12.1. The van der Waals surface area contributed by atoms with Gasteiger partial charge in [-0.3, -0.25) is 9.59 Å². The van der Waals surface area contributed by atoms with Crippen molar-refractivity contribution >= 4 is 11.8 Å². The number of rotatable bonds is 11. The van der Waals surface area contributed by atoms with Crippen LogP contribution in [0.5, 0.6) is 5.75 Å². The SMILES string of the molecule is COc1ccc([C@@H]2C[C@H]2NCCNC[C@H](NC(=O)c2ccc(F)cc2)C(=O)N2CCOCC2)cc1. The van der Waals surface area contributed by atoms with Crippen molar-refractivity contribution in [3.05, 3.63) is 65.5 Å². The molecule has 0 radical (unpaired) electrons. The van der Waals surface area contributed by atoms with Crippen LogP contribution in [0.3, 0.4) is 0 Å². The van der Waals surface area contributed by atoms with Crippen LogP contribution in [0.4, 0.5) is 4.39 Å². The summed E-state index contributed by atoms with van der Waals surface area (Å²) < 4.78 is 23.8. The van der Waals surface area contributed by atoms with E-state index in [2.05, 4.69) is 28.1 Å². The van der Waals surface area contributed by atoms with Crippen molar-refractivity contribution in [1.29, 1.82) is 0 Å². The van der Waals surface area contributed by atoms with Gasteiger partial charge in [-0.05, 0) is 48.4 Å². The molecule has 2 aromatic carbocycles. The van der Waals surface area contributed by atoms with Crippen molar-refractivity contribution in [2.24, 2.45) is 0 Å². The highest BCUT2D eigenvalue weighted by Gasteiger charge is 2.37. The second-order valence-corrected chi connectivity index (χ2v) is 8.85. The molecule has 2 aliphatic rings. The van der Waals surface area contributed by atoms with Gasteiger partial charge in [0.25, 0.3) is 5.91 Å². The highest BCUT2D eigenvalue weighted by molar-refractivity contribution is 5.97. The number of hydrogen-bond donors (Lipinski definition) is 3. The van der Waals surface area contributed by atoms with Gasteiger partial charge in [0.15, 0.2) is 0 Å². The van der Waals surface area contributed by atoms with Crippen molar-refractivity contribution in [3.63, 3.8) is 0 Å². The third-order valence-electron chi connectivity index (χ3n) is 6.42. The fourth-order valence-corrected chi connectivity index (χ4v) is 4.28. The first-order chi connectivity index (χ1) is 17.0. The van der Waals surface area contributed by atoms with Crippen LogP contribution in [0.15, 0.2) is 48.5 Å². The normalized spacial score (nSPS) is 20.2. The van der Waals surface area contributed by atoms with Crippen molar-refractivity contribution in [1.82, 2.24) is 20.9 Å². The molecule has 9 heteroatoms. The van der Waals surface area contributed by atoms with Gasteiger partial charge in [0.05, 0.1) is 20.3 Å². The number of benzene rings is 2. The van der Waals surface area contributed by atoms with E-state index in [4.69, 9.17) is 9.47 Å². The maximum atomic E-state index is 13.2. The molecule has 1 aliphatic heterocycles. The van der Waals surface area contributed by atoms with E-state index in [0.29, 0.717) is 56.9 Å². The van der Waals surface area contributed by atoms with Crippen molar-refractivity contribution < 1.29 is 23.5 Å². The summed E-state index contributed by atoms with van der Waals surface area (Å²) in [6, 6.07) is 13.2. The summed E-state index contributed by atoms with van der Waals surface area (Å²) in [5.41, 5.74) is 1.61. The summed E-state index contributed by atoms with van der Waals surface area (Å²) in [6.45, 7) is 3.68. The predicted molar refractivity (Wildman–Crippen MR) is 130 cm³/mol. The number of carbonyl (C=O) groups is 2. The predicted octanol–water partition coefficient (Wildman–Crippen LogP) is 1.53. The van der Waals surface area contributed by atoms with Crippen LogP contribution >= 0.6 is 0 Å². The molecule has 0 unspecified atom stereocenters. The average Bonchev–Trinajstić information content (AvgIpc) is 3.68. The molecule has 3 N–H and O–H groups in total. The standard InChI is InChI=1S/C26H33FN4O4/c1-34-21-8-4-18(5-9-21)22-16-23(22)29-11-10-28-17-24(26(33)31-12-14-35-15-13-31)30-25(32)19-2-6-20(27)7-3-19/h2-9,22-24,28-29H,10-17H2,1H3,(H,30,32)/t22-,23+,24-/m0/s1. The van der Waals surface area contributed by atoms with Gasteiger partial charge in [0.1, 0.15) is 17.6 Å². The topological polar surface area (TPSA) is 91.9 Å². The van der Waals surface area contributed by atoms with Crippen LogP contribution < -0.4 is 20.7 Å². The van der Waals surface area contributed by atoms with Gasteiger partial charge in [-0.2, -0.15) is 0 Å². The minimum Gasteiger partial charge on any atom is -0.497 e. The number of carbonyl (C=O) groups excluding carboxylic acids is 2. The monoisotopic (exact) mass is 484 g/mol. The van der Waals surface area contributed by atoms with Gasteiger partial charge >= 0.3 is 0 Å². The van der Waals surface area contributed by atoms with E-state index in [9.17, 15) is 14.0 Å². The third-order valence-corrected chi connectivity index (χ3v) is 6.42. The largest absolute Gasteiger partial charge is 0.497 e. The smallest absolute Gasteiger partial charge is 0.251 e. The summed E-state index contributed by atoms with van der Waals surface area (Å²) in [7, 11) is 1.66. The zero-order valence-electron chi connectivity index (χ0n) is 20.0. The maximum Gasteiger partial charge on any atom is 0.251 e. The lowest BCUT2D eigenvalue weighted by molar-refractivity contribution is -0.137. The molecule has 0 aromatic heterocycles.